The lowest BCUT2D eigenvalue weighted by Crippen LogP contribution is -2.04. The summed E-state index contributed by atoms with van der Waals surface area (Å²) >= 11 is 0. The highest BCUT2D eigenvalue weighted by Crippen LogP contribution is 2.25. The maximum atomic E-state index is 13.2. The minimum absolute atomic E-state index is 0.0454. The van der Waals surface area contributed by atoms with Crippen LogP contribution in [0, 0.1) is 11.6 Å². The van der Waals surface area contributed by atoms with Gasteiger partial charge in [-0.1, -0.05) is 6.07 Å². The second kappa shape index (κ2) is 5.17. The molecule has 1 aromatic heterocycles. The van der Waals surface area contributed by atoms with Crippen molar-refractivity contribution < 1.29 is 18.7 Å². The quantitative estimate of drug-likeness (QED) is 0.924. The fourth-order valence-corrected chi connectivity index (χ4v) is 1.89. The van der Waals surface area contributed by atoms with Gasteiger partial charge in [0.25, 0.3) is 0 Å². The standard InChI is InChI=1S/C13H12F2N2O2/c1-17-12(4-5-13(18)19)9(7-16-17)8-2-3-10(14)11(15)6-8/h2-3,6-7H,4-5H2,1H3,(H,18,19). The van der Waals surface area contributed by atoms with Gasteiger partial charge in [-0.25, -0.2) is 8.78 Å². The zero-order chi connectivity index (χ0) is 14.0. The largest absolute Gasteiger partial charge is 0.481 e. The molecule has 0 unspecified atom stereocenters. The van der Waals surface area contributed by atoms with Crippen LogP contribution in [0.2, 0.25) is 0 Å². The molecule has 2 aromatic rings. The first kappa shape index (κ1) is 13.2. The first-order valence-corrected chi connectivity index (χ1v) is 5.67. The molecule has 0 amide bonds. The Morgan fingerprint density at radius 2 is 2.11 bits per heavy atom. The van der Waals surface area contributed by atoms with Gasteiger partial charge in [0.05, 0.1) is 12.6 Å². The molecular weight excluding hydrogens is 254 g/mol. The highest BCUT2D eigenvalue weighted by molar-refractivity contribution is 5.69. The number of halogens is 2. The van der Waals surface area contributed by atoms with Crippen molar-refractivity contribution in [1.82, 2.24) is 9.78 Å². The Kier molecular flexibility index (Phi) is 3.59. The highest BCUT2D eigenvalue weighted by atomic mass is 19.2. The Morgan fingerprint density at radius 3 is 2.74 bits per heavy atom. The molecule has 19 heavy (non-hydrogen) atoms. The van der Waals surface area contributed by atoms with E-state index >= 15 is 0 Å². The molecule has 0 aliphatic carbocycles. The predicted octanol–water partition coefficient (Wildman–Crippen LogP) is 2.38. The molecule has 0 fully saturated rings. The van der Waals surface area contributed by atoms with E-state index in [1.165, 1.54) is 12.3 Å². The number of aromatic nitrogens is 2. The monoisotopic (exact) mass is 266 g/mol. The Labute approximate surface area is 108 Å². The van der Waals surface area contributed by atoms with Gasteiger partial charge < -0.3 is 5.11 Å². The van der Waals surface area contributed by atoms with E-state index in [1.807, 2.05) is 0 Å². The van der Waals surface area contributed by atoms with Crippen molar-refractivity contribution in [3.8, 4) is 11.1 Å². The first-order chi connectivity index (χ1) is 8.99. The Hall–Kier alpha value is -2.24. The average molecular weight is 266 g/mol. The molecule has 0 saturated heterocycles. The summed E-state index contributed by atoms with van der Waals surface area (Å²) in [5.41, 5.74) is 1.77. The van der Waals surface area contributed by atoms with Crippen LogP contribution >= 0.6 is 0 Å². The van der Waals surface area contributed by atoms with Crippen molar-refractivity contribution in [1.29, 1.82) is 0 Å². The third-order valence-corrected chi connectivity index (χ3v) is 2.87. The fourth-order valence-electron chi connectivity index (χ4n) is 1.89. The van der Waals surface area contributed by atoms with Gasteiger partial charge in [-0.05, 0) is 17.7 Å². The number of carboxylic acid groups (broad SMARTS) is 1. The van der Waals surface area contributed by atoms with Crippen molar-refractivity contribution in [2.24, 2.45) is 7.05 Å². The summed E-state index contributed by atoms with van der Waals surface area (Å²) in [6.07, 6.45) is 1.75. The average Bonchev–Trinajstić information content (AvgIpc) is 2.71. The van der Waals surface area contributed by atoms with Gasteiger partial charge in [0.15, 0.2) is 11.6 Å². The number of hydrogen-bond acceptors (Lipinski definition) is 2. The van der Waals surface area contributed by atoms with Gasteiger partial charge in [0.2, 0.25) is 0 Å². The van der Waals surface area contributed by atoms with Crippen LogP contribution in [-0.2, 0) is 18.3 Å². The summed E-state index contributed by atoms with van der Waals surface area (Å²) in [4.78, 5) is 10.6. The zero-order valence-corrected chi connectivity index (χ0v) is 10.2. The van der Waals surface area contributed by atoms with Crippen molar-refractivity contribution in [2.45, 2.75) is 12.8 Å². The van der Waals surface area contributed by atoms with Crippen LogP contribution in [0.4, 0.5) is 8.78 Å². The van der Waals surface area contributed by atoms with Crippen LogP contribution in [0.1, 0.15) is 12.1 Å². The van der Waals surface area contributed by atoms with E-state index in [0.29, 0.717) is 16.8 Å². The molecule has 0 saturated carbocycles. The SMILES string of the molecule is Cn1ncc(-c2ccc(F)c(F)c2)c1CCC(=O)O. The summed E-state index contributed by atoms with van der Waals surface area (Å²) in [6, 6.07) is 3.56. The van der Waals surface area contributed by atoms with Gasteiger partial charge >= 0.3 is 5.97 Å². The summed E-state index contributed by atoms with van der Waals surface area (Å²) in [5, 5.41) is 12.7. The van der Waals surface area contributed by atoms with Crippen LogP contribution in [0.15, 0.2) is 24.4 Å². The number of carbonyl (C=O) groups is 1. The Bertz CT molecular complexity index is 623. The Balaban J connectivity index is 2.38. The number of aryl methyl sites for hydroxylation is 1. The second-order valence-corrected chi connectivity index (χ2v) is 4.15. The van der Waals surface area contributed by atoms with Crippen LogP contribution in [0.3, 0.4) is 0 Å². The van der Waals surface area contributed by atoms with Crippen molar-refractivity contribution in [2.75, 3.05) is 0 Å². The molecule has 0 aliphatic heterocycles. The van der Waals surface area contributed by atoms with E-state index in [0.717, 1.165) is 12.1 Å². The molecule has 1 N–H and O–H groups in total. The maximum Gasteiger partial charge on any atom is 0.303 e. The van der Waals surface area contributed by atoms with Crippen molar-refractivity contribution >= 4 is 5.97 Å². The minimum Gasteiger partial charge on any atom is -0.481 e. The van der Waals surface area contributed by atoms with E-state index < -0.39 is 17.6 Å². The lowest BCUT2D eigenvalue weighted by molar-refractivity contribution is -0.136. The third kappa shape index (κ3) is 2.78. The molecule has 0 spiro atoms. The molecule has 100 valence electrons. The molecule has 2 rings (SSSR count). The van der Waals surface area contributed by atoms with E-state index in [9.17, 15) is 13.6 Å². The van der Waals surface area contributed by atoms with Gasteiger partial charge in [-0.3, -0.25) is 9.48 Å². The molecule has 1 aromatic carbocycles. The summed E-state index contributed by atoms with van der Waals surface area (Å²) in [6.45, 7) is 0. The van der Waals surface area contributed by atoms with Gasteiger partial charge in [-0.2, -0.15) is 5.10 Å². The molecular formula is C13H12F2N2O2. The number of nitrogens with zero attached hydrogens (tertiary/aromatic N) is 2. The normalized spacial score (nSPS) is 10.7. The number of carboxylic acids is 1. The van der Waals surface area contributed by atoms with E-state index in [4.69, 9.17) is 5.11 Å². The van der Waals surface area contributed by atoms with Crippen LogP contribution in [0.25, 0.3) is 11.1 Å². The van der Waals surface area contributed by atoms with Crippen LogP contribution < -0.4 is 0 Å². The number of aliphatic carboxylic acids is 1. The van der Waals surface area contributed by atoms with Crippen LogP contribution in [-0.4, -0.2) is 20.9 Å². The van der Waals surface area contributed by atoms with Crippen molar-refractivity contribution in [3.63, 3.8) is 0 Å². The number of benzene rings is 1. The summed E-state index contributed by atoms with van der Waals surface area (Å²) in [5.74, 6) is -2.78. The smallest absolute Gasteiger partial charge is 0.303 e. The predicted molar refractivity (Wildman–Crippen MR) is 64.5 cm³/mol. The molecule has 0 radical (unpaired) electrons. The third-order valence-electron chi connectivity index (χ3n) is 2.87. The minimum atomic E-state index is -0.939. The molecule has 0 atom stereocenters. The molecule has 6 heteroatoms. The highest BCUT2D eigenvalue weighted by Gasteiger charge is 2.13. The lowest BCUT2D eigenvalue weighted by atomic mass is 10.0. The summed E-state index contributed by atoms with van der Waals surface area (Å²) in [7, 11) is 1.68. The number of rotatable bonds is 4. The lowest BCUT2D eigenvalue weighted by Gasteiger charge is -2.05. The molecule has 0 aliphatic rings. The summed E-state index contributed by atoms with van der Waals surface area (Å²) < 4.78 is 27.7. The molecule has 0 bridgehead atoms. The van der Waals surface area contributed by atoms with Crippen LogP contribution in [0.5, 0.6) is 0 Å². The maximum absolute atomic E-state index is 13.2. The second-order valence-electron chi connectivity index (χ2n) is 4.15. The van der Waals surface area contributed by atoms with E-state index in [1.54, 1.807) is 11.7 Å². The zero-order valence-electron chi connectivity index (χ0n) is 10.2. The first-order valence-electron chi connectivity index (χ1n) is 5.67. The van der Waals surface area contributed by atoms with E-state index in [-0.39, 0.29) is 12.8 Å². The van der Waals surface area contributed by atoms with Gasteiger partial charge in [0, 0.05) is 24.7 Å². The molecule has 4 nitrogen and oxygen atoms in total. The Morgan fingerprint density at radius 1 is 1.37 bits per heavy atom. The fraction of sp³-hybridized carbons (Fsp3) is 0.231. The van der Waals surface area contributed by atoms with Crippen molar-refractivity contribution in [3.05, 3.63) is 41.7 Å². The van der Waals surface area contributed by atoms with E-state index in [2.05, 4.69) is 5.10 Å². The molecule has 1 heterocycles. The number of hydrogen-bond donors (Lipinski definition) is 1. The van der Waals surface area contributed by atoms with Gasteiger partial charge in [0.1, 0.15) is 0 Å². The van der Waals surface area contributed by atoms with Gasteiger partial charge in [-0.15, -0.1) is 0 Å². The topological polar surface area (TPSA) is 55.1 Å².